The van der Waals surface area contributed by atoms with Gasteiger partial charge in [0.15, 0.2) is 0 Å². The van der Waals surface area contributed by atoms with Crippen LogP contribution in [-0.2, 0) is 9.47 Å². The van der Waals surface area contributed by atoms with Gasteiger partial charge in [-0.2, -0.15) is 0 Å². The smallest absolute Gasteiger partial charge is 0.140 e. The van der Waals surface area contributed by atoms with Crippen LogP contribution < -0.4 is 0 Å². The molecule has 1 atom stereocenters. The van der Waals surface area contributed by atoms with Crippen molar-refractivity contribution in [3.8, 4) is 11.8 Å². The number of benzene rings is 2. The monoisotopic (exact) mass is 304 g/mol. The molecule has 2 nitrogen and oxygen atoms in total. The van der Waals surface area contributed by atoms with Crippen molar-refractivity contribution in [1.82, 2.24) is 0 Å². The summed E-state index contributed by atoms with van der Waals surface area (Å²) < 4.78 is 11.8. The molecule has 0 N–H and O–H groups in total. The second kappa shape index (κ2) is 8.22. The Hall–Kier alpha value is -2.50. The predicted molar refractivity (Wildman–Crippen MR) is 91.7 cm³/mol. The highest BCUT2D eigenvalue weighted by molar-refractivity contribution is 5.33. The van der Waals surface area contributed by atoms with Crippen LogP contribution in [0.25, 0.3) is 0 Å². The summed E-state index contributed by atoms with van der Waals surface area (Å²) in [5.41, 5.74) is 2.10. The van der Waals surface area contributed by atoms with Gasteiger partial charge in [0.05, 0.1) is 6.61 Å². The standard InChI is InChI=1S/C21H20O2/c1-3-10-18(11-4-1)12-9-17-23-21(19-13-5-2-6-14-19)20-15-7-8-16-22-20/h1-6,10-11,13-15,21H,7-8,16-17H2. The Morgan fingerprint density at radius 2 is 1.74 bits per heavy atom. The molecular formula is C21H20O2. The summed E-state index contributed by atoms with van der Waals surface area (Å²) in [6.07, 6.45) is 4.06. The molecular weight excluding hydrogens is 284 g/mol. The lowest BCUT2D eigenvalue weighted by molar-refractivity contribution is 0.0399. The van der Waals surface area contributed by atoms with Crippen molar-refractivity contribution >= 4 is 0 Å². The van der Waals surface area contributed by atoms with Crippen LogP contribution in [0.2, 0.25) is 0 Å². The first-order valence-corrected chi connectivity index (χ1v) is 7.97. The highest BCUT2D eigenvalue weighted by atomic mass is 16.5. The molecule has 0 aromatic heterocycles. The van der Waals surface area contributed by atoms with E-state index in [9.17, 15) is 0 Å². The first kappa shape index (κ1) is 15.4. The first-order valence-electron chi connectivity index (χ1n) is 7.97. The zero-order valence-corrected chi connectivity index (χ0v) is 13.1. The third-order valence-corrected chi connectivity index (χ3v) is 3.65. The Bertz CT molecular complexity index is 693. The Labute approximate surface area is 137 Å². The number of rotatable bonds is 4. The van der Waals surface area contributed by atoms with Crippen molar-refractivity contribution < 1.29 is 9.47 Å². The molecule has 0 spiro atoms. The van der Waals surface area contributed by atoms with Crippen LogP contribution in [0.5, 0.6) is 0 Å². The van der Waals surface area contributed by atoms with Gasteiger partial charge in [-0.05, 0) is 36.6 Å². The fraction of sp³-hybridized carbons (Fsp3) is 0.238. The molecule has 116 valence electrons. The van der Waals surface area contributed by atoms with Gasteiger partial charge in [0, 0.05) is 5.56 Å². The molecule has 2 aromatic carbocycles. The SMILES string of the molecule is C(#Cc1ccccc1)COC(C1=CCCCO1)c1ccccc1. The Morgan fingerprint density at radius 1 is 1.00 bits per heavy atom. The molecule has 0 saturated heterocycles. The van der Waals surface area contributed by atoms with Gasteiger partial charge in [0.1, 0.15) is 18.5 Å². The van der Waals surface area contributed by atoms with Crippen LogP contribution in [-0.4, -0.2) is 13.2 Å². The van der Waals surface area contributed by atoms with E-state index >= 15 is 0 Å². The highest BCUT2D eigenvalue weighted by Crippen LogP contribution is 2.29. The highest BCUT2D eigenvalue weighted by Gasteiger charge is 2.20. The van der Waals surface area contributed by atoms with Crippen LogP contribution in [0.3, 0.4) is 0 Å². The normalized spacial score (nSPS) is 14.9. The Balaban J connectivity index is 1.69. The fourth-order valence-electron chi connectivity index (χ4n) is 2.51. The van der Waals surface area contributed by atoms with Gasteiger partial charge in [0.25, 0.3) is 0 Å². The average molecular weight is 304 g/mol. The van der Waals surface area contributed by atoms with Crippen LogP contribution in [0, 0.1) is 11.8 Å². The van der Waals surface area contributed by atoms with Gasteiger partial charge in [-0.3, -0.25) is 0 Å². The number of hydrogen-bond acceptors (Lipinski definition) is 2. The van der Waals surface area contributed by atoms with Crippen molar-refractivity contribution in [2.45, 2.75) is 18.9 Å². The van der Waals surface area contributed by atoms with Gasteiger partial charge < -0.3 is 9.47 Å². The molecule has 2 aromatic rings. The van der Waals surface area contributed by atoms with E-state index in [1.807, 2.05) is 48.5 Å². The summed E-state index contributed by atoms with van der Waals surface area (Å²) in [5.74, 6) is 7.11. The average Bonchev–Trinajstić information content (AvgIpc) is 2.64. The third kappa shape index (κ3) is 4.48. The fourth-order valence-corrected chi connectivity index (χ4v) is 2.51. The summed E-state index contributed by atoms with van der Waals surface area (Å²) in [5, 5.41) is 0. The molecule has 1 heterocycles. The molecule has 0 amide bonds. The van der Waals surface area contributed by atoms with Gasteiger partial charge >= 0.3 is 0 Å². The topological polar surface area (TPSA) is 18.5 Å². The summed E-state index contributed by atoms with van der Waals surface area (Å²) in [4.78, 5) is 0. The molecule has 0 radical (unpaired) electrons. The zero-order chi connectivity index (χ0) is 15.7. The van der Waals surface area contributed by atoms with E-state index in [0.29, 0.717) is 6.61 Å². The lowest BCUT2D eigenvalue weighted by atomic mass is 10.1. The molecule has 0 fully saturated rings. The maximum atomic E-state index is 6.02. The molecule has 23 heavy (non-hydrogen) atoms. The minimum atomic E-state index is -0.179. The van der Waals surface area contributed by atoms with E-state index in [-0.39, 0.29) is 6.10 Å². The van der Waals surface area contributed by atoms with Crippen LogP contribution in [0.15, 0.2) is 72.5 Å². The van der Waals surface area contributed by atoms with E-state index in [2.05, 4.69) is 30.0 Å². The predicted octanol–water partition coefficient (Wildman–Crippen LogP) is 4.49. The molecule has 1 unspecified atom stereocenters. The third-order valence-electron chi connectivity index (χ3n) is 3.65. The van der Waals surface area contributed by atoms with Gasteiger partial charge in [-0.25, -0.2) is 0 Å². The van der Waals surface area contributed by atoms with Crippen LogP contribution in [0.4, 0.5) is 0 Å². The maximum absolute atomic E-state index is 6.02. The Kier molecular flexibility index (Phi) is 5.50. The largest absolute Gasteiger partial charge is 0.495 e. The second-order valence-electron chi connectivity index (χ2n) is 5.37. The van der Waals surface area contributed by atoms with E-state index in [1.54, 1.807) is 0 Å². The lowest BCUT2D eigenvalue weighted by Gasteiger charge is -2.23. The van der Waals surface area contributed by atoms with E-state index < -0.39 is 0 Å². The summed E-state index contributed by atoms with van der Waals surface area (Å²) in [7, 11) is 0. The first-order chi connectivity index (χ1) is 11.4. The van der Waals surface area contributed by atoms with Crippen LogP contribution >= 0.6 is 0 Å². The maximum Gasteiger partial charge on any atom is 0.140 e. The van der Waals surface area contributed by atoms with Gasteiger partial charge in [0.2, 0.25) is 0 Å². The quantitative estimate of drug-likeness (QED) is 0.775. The van der Waals surface area contributed by atoms with Crippen molar-refractivity contribution in [1.29, 1.82) is 0 Å². The second-order valence-corrected chi connectivity index (χ2v) is 5.37. The van der Waals surface area contributed by atoms with Crippen LogP contribution in [0.1, 0.15) is 30.1 Å². The van der Waals surface area contributed by atoms with Crippen molar-refractivity contribution in [2.24, 2.45) is 0 Å². The Morgan fingerprint density at radius 3 is 2.43 bits per heavy atom. The molecule has 0 saturated carbocycles. The van der Waals surface area contributed by atoms with Crippen molar-refractivity contribution in [3.63, 3.8) is 0 Å². The minimum Gasteiger partial charge on any atom is -0.495 e. The molecule has 0 bridgehead atoms. The molecule has 3 rings (SSSR count). The number of hydrogen-bond donors (Lipinski definition) is 0. The van der Waals surface area contributed by atoms with Crippen molar-refractivity contribution in [2.75, 3.05) is 13.2 Å². The van der Waals surface area contributed by atoms with Crippen molar-refractivity contribution in [3.05, 3.63) is 83.6 Å². The zero-order valence-electron chi connectivity index (χ0n) is 13.1. The molecule has 1 aliphatic rings. The van der Waals surface area contributed by atoms with E-state index in [0.717, 1.165) is 36.3 Å². The summed E-state index contributed by atoms with van der Waals surface area (Å²) in [6, 6.07) is 20.1. The molecule has 1 aliphatic heterocycles. The minimum absolute atomic E-state index is 0.179. The molecule has 0 aliphatic carbocycles. The number of allylic oxidation sites excluding steroid dienone is 1. The lowest BCUT2D eigenvalue weighted by Crippen LogP contribution is -2.13. The number of ether oxygens (including phenoxy) is 2. The van der Waals surface area contributed by atoms with Gasteiger partial charge in [-0.15, -0.1) is 0 Å². The van der Waals surface area contributed by atoms with E-state index in [4.69, 9.17) is 9.47 Å². The summed E-state index contributed by atoms with van der Waals surface area (Å²) >= 11 is 0. The van der Waals surface area contributed by atoms with Gasteiger partial charge in [-0.1, -0.05) is 60.4 Å². The summed E-state index contributed by atoms with van der Waals surface area (Å²) in [6.45, 7) is 1.13. The van der Waals surface area contributed by atoms with E-state index in [1.165, 1.54) is 0 Å². The molecule has 2 heteroatoms.